The number of nitrogens with one attached hydrogen (secondary N) is 1. The second-order valence-electron chi connectivity index (χ2n) is 11.9. The zero-order chi connectivity index (χ0) is 27.0. The van der Waals surface area contributed by atoms with Crippen molar-refractivity contribution in [2.75, 3.05) is 0 Å². The van der Waals surface area contributed by atoms with Gasteiger partial charge < -0.3 is 20.3 Å². The van der Waals surface area contributed by atoms with Gasteiger partial charge in [0.1, 0.15) is 5.78 Å². The Morgan fingerprint density at radius 3 is 2.50 bits per heavy atom. The molecule has 1 aromatic rings. The van der Waals surface area contributed by atoms with Crippen LogP contribution >= 0.6 is 11.3 Å². The molecule has 0 bridgehead atoms. The highest BCUT2D eigenvalue weighted by Gasteiger charge is 2.56. The predicted octanol–water partition coefficient (Wildman–Crippen LogP) is 4.30. The Bertz CT molecular complexity index is 988. The van der Waals surface area contributed by atoms with Crippen LogP contribution in [-0.2, 0) is 14.3 Å². The van der Waals surface area contributed by atoms with Gasteiger partial charge >= 0.3 is 0 Å². The largest absolute Gasteiger partial charge is 0.392 e. The number of nitrogens with zero attached hydrogens (tertiary/aromatic N) is 1. The molecule has 0 saturated carbocycles. The van der Waals surface area contributed by atoms with Gasteiger partial charge in [0.2, 0.25) is 5.91 Å². The van der Waals surface area contributed by atoms with E-state index in [2.05, 4.69) is 24.1 Å². The van der Waals surface area contributed by atoms with Crippen molar-refractivity contribution in [2.45, 2.75) is 111 Å². The first-order valence-electron chi connectivity index (χ1n) is 13.1. The van der Waals surface area contributed by atoms with Crippen LogP contribution in [0.5, 0.6) is 0 Å². The van der Waals surface area contributed by atoms with Crippen LogP contribution in [0, 0.1) is 30.1 Å². The molecule has 2 saturated heterocycles. The van der Waals surface area contributed by atoms with Gasteiger partial charge in [-0.15, -0.1) is 11.3 Å². The molecule has 1 aromatic heterocycles. The van der Waals surface area contributed by atoms with Crippen molar-refractivity contribution in [3.63, 3.8) is 0 Å². The van der Waals surface area contributed by atoms with E-state index in [4.69, 9.17) is 4.74 Å². The van der Waals surface area contributed by atoms with Crippen LogP contribution in [-0.4, -0.2) is 56.8 Å². The monoisotopic (exact) mass is 520 g/mol. The van der Waals surface area contributed by atoms with Crippen molar-refractivity contribution in [3.8, 4) is 0 Å². The summed E-state index contributed by atoms with van der Waals surface area (Å²) < 4.78 is 6.21. The Morgan fingerprint density at radius 1 is 1.22 bits per heavy atom. The number of aryl methyl sites for hydroxylation is 1. The average molecular weight is 521 g/mol. The van der Waals surface area contributed by atoms with Gasteiger partial charge in [0.05, 0.1) is 52.5 Å². The number of carbonyl (C=O) groups is 2. The number of aliphatic hydroxyl groups is 2. The number of ketones is 1. The third-order valence-corrected chi connectivity index (χ3v) is 9.24. The third-order valence-electron chi connectivity index (χ3n) is 8.45. The molecule has 36 heavy (non-hydrogen) atoms. The van der Waals surface area contributed by atoms with Gasteiger partial charge in [0.25, 0.3) is 0 Å². The van der Waals surface area contributed by atoms with E-state index < -0.39 is 23.5 Å². The molecule has 2 aliphatic heterocycles. The van der Waals surface area contributed by atoms with E-state index in [1.54, 1.807) is 32.1 Å². The third kappa shape index (κ3) is 6.26. The number of fused-ring (bicyclic) bond motifs is 1. The minimum atomic E-state index is -1.17. The summed E-state index contributed by atoms with van der Waals surface area (Å²) in [6.07, 6.45) is 2.30. The number of hydrogen-bond acceptors (Lipinski definition) is 7. The van der Waals surface area contributed by atoms with Crippen LogP contribution in [0.25, 0.3) is 6.08 Å². The summed E-state index contributed by atoms with van der Waals surface area (Å²) in [5, 5.41) is 28.0. The summed E-state index contributed by atoms with van der Waals surface area (Å²) in [6, 6.07) is -0.301. The molecule has 3 heterocycles. The highest BCUT2D eigenvalue weighted by atomic mass is 32.1. The van der Waals surface area contributed by atoms with Gasteiger partial charge in [0.15, 0.2) is 0 Å². The van der Waals surface area contributed by atoms with Crippen LogP contribution < -0.4 is 5.32 Å². The SMILES string of the molecule is CC(=Cc1csc(C)n1)[C@H]1NC(=O)C[C@H](O)C(C)(C)C(=O)[C@H](C)[C@@H](O)[C@@H](C)CCC[C@@]2(C)O[C@H]2[C@@H]1C. The Labute approximate surface area is 219 Å². The summed E-state index contributed by atoms with van der Waals surface area (Å²) in [7, 11) is 0. The molecule has 2 fully saturated rings. The van der Waals surface area contributed by atoms with Crippen molar-refractivity contribution < 1.29 is 24.5 Å². The Kier molecular flexibility index (Phi) is 8.86. The summed E-state index contributed by atoms with van der Waals surface area (Å²) in [6.45, 7) is 15.1. The fraction of sp³-hybridized carbons (Fsp3) is 0.750. The summed E-state index contributed by atoms with van der Waals surface area (Å²) in [5.74, 6) is -1.26. The summed E-state index contributed by atoms with van der Waals surface area (Å²) >= 11 is 1.58. The minimum Gasteiger partial charge on any atom is -0.392 e. The number of ether oxygens (including phenoxy) is 1. The molecule has 1 amide bonds. The maximum absolute atomic E-state index is 13.3. The van der Waals surface area contributed by atoms with E-state index in [0.29, 0.717) is 0 Å². The molecule has 7 nitrogen and oxygen atoms in total. The number of Topliss-reactive ketones (excluding diaryl/α,β-unsaturated/α-hetero) is 1. The number of carbonyl (C=O) groups excluding carboxylic acids is 2. The van der Waals surface area contributed by atoms with E-state index in [0.717, 1.165) is 35.5 Å². The molecule has 3 rings (SSSR count). The van der Waals surface area contributed by atoms with E-state index in [9.17, 15) is 19.8 Å². The Balaban J connectivity index is 1.91. The van der Waals surface area contributed by atoms with Crippen LogP contribution in [0.15, 0.2) is 11.0 Å². The van der Waals surface area contributed by atoms with Gasteiger partial charge in [-0.05, 0) is 51.2 Å². The fourth-order valence-corrected chi connectivity index (χ4v) is 6.30. The van der Waals surface area contributed by atoms with Crippen LogP contribution in [0.2, 0.25) is 0 Å². The van der Waals surface area contributed by atoms with Crippen LogP contribution in [0.3, 0.4) is 0 Å². The molecule has 0 spiro atoms. The molecule has 3 N–H and O–H groups in total. The van der Waals surface area contributed by atoms with Gasteiger partial charge in [0, 0.05) is 17.2 Å². The molecule has 2 aliphatic rings. The first kappa shape index (κ1) is 29.0. The lowest BCUT2D eigenvalue weighted by Crippen LogP contribution is -2.48. The number of aromatic nitrogens is 1. The van der Waals surface area contributed by atoms with Gasteiger partial charge in [-0.3, -0.25) is 9.59 Å². The first-order valence-corrected chi connectivity index (χ1v) is 14.0. The smallest absolute Gasteiger partial charge is 0.223 e. The topological polar surface area (TPSA) is 112 Å². The molecule has 8 atom stereocenters. The molecule has 0 aromatic carbocycles. The standard InChI is InChI=1S/C28H44N2O5S/c1-15-10-9-11-28(8)26(35-28)17(3)23(16(2)12-20-14-36-19(5)29-20)30-22(32)13-21(31)27(6,7)25(34)18(4)24(15)33/h12,14-15,17-18,21,23-24,26,31,33H,9-11,13H2,1-8H3,(H,30,32)/t15-,17+,18+,21-,23+,24-,26-,28+/m0/s1. The first-order chi connectivity index (χ1) is 16.7. The number of epoxide rings is 1. The van der Waals surface area contributed by atoms with Crippen molar-refractivity contribution >= 4 is 29.1 Å². The highest BCUT2D eigenvalue weighted by Crippen LogP contribution is 2.47. The van der Waals surface area contributed by atoms with Gasteiger partial charge in [-0.2, -0.15) is 0 Å². The normalized spacial score (nSPS) is 38.8. The van der Waals surface area contributed by atoms with Crippen molar-refractivity contribution in [1.82, 2.24) is 10.3 Å². The van der Waals surface area contributed by atoms with Crippen molar-refractivity contribution in [2.24, 2.45) is 23.2 Å². The molecule has 0 aliphatic carbocycles. The zero-order valence-corrected chi connectivity index (χ0v) is 23.8. The molecular formula is C28H44N2O5S. The quantitative estimate of drug-likeness (QED) is 0.502. The summed E-state index contributed by atoms with van der Waals surface area (Å²) in [4.78, 5) is 31.0. The van der Waals surface area contributed by atoms with E-state index >= 15 is 0 Å². The second kappa shape index (κ2) is 11.0. The molecule has 0 radical (unpaired) electrons. The molecule has 8 heteroatoms. The second-order valence-corrected chi connectivity index (χ2v) is 13.0. The number of amides is 1. The number of aliphatic hydroxyl groups excluding tert-OH is 2. The van der Waals surface area contributed by atoms with E-state index in [1.807, 2.05) is 32.2 Å². The summed E-state index contributed by atoms with van der Waals surface area (Å²) in [5.41, 5.74) is 0.369. The minimum absolute atomic E-state index is 0.00217. The molecule has 202 valence electrons. The Hall–Kier alpha value is -1.61. The lowest BCUT2D eigenvalue weighted by Gasteiger charge is -2.35. The maximum Gasteiger partial charge on any atom is 0.223 e. The zero-order valence-electron chi connectivity index (χ0n) is 23.0. The van der Waals surface area contributed by atoms with Crippen LogP contribution in [0.1, 0.15) is 84.9 Å². The maximum atomic E-state index is 13.3. The van der Waals surface area contributed by atoms with Gasteiger partial charge in [-0.1, -0.05) is 41.0 Å². The van der Waals surface area contributed by atoms with Crippen molar-refractivity contribution in [1.29, 1.82) is 0 Å². The number of hydrogen-bond donors (Lipinski definition) is 3. The van der Waals surface area contributed by atoms with Gasteiger partial charge in [-0.25, -0.2) is 4.98 Å². The number of rotatable bonds is 2. The molecular weight excluding hydrogens is 476 g/mol. The lowest BCUT2D eigenvalue weighted by molar-refractivity contribution is -0.143. The van der Waals surface area contributed by atoms with E-state index in [-0.39, 0.29) is 47.7 Å². The lowest BCUT2D eigenvalue weighted by atomic mass is 9.72. The highest BCUT2D eigenvalue weighted by molar-refractivity contribution is 7.09. The molecule has 0 unspecified atom stereocenters. The van der Waals surface area contributed by atoms with E-state index in [1.165, 1.54) is 0 Å². The van der Waals surface area contributed by atoms with Crippen molar-refractivity contribution in [3.05, 3.63) is 21.7 Å². The fourth-order valence-electron chi connectivity index (χ4n) is 5.73. The predicted molar refractivity (Wildman–Crippen MR) is 142 cm³/mol. The van der Waals surface area contributed by atoms with Crippen LogP contribution in [0.4, 0.5) is 0 Å². The average Bonchev–Trinajstić information content (AvgIpc) is 3.31. The number of thiazole rings is 1. The Morgan fingerprint density at radius 2 is 1.89 bits per heavy atom.